The number of pyridine rings is 1. The fourth-order valence-corrected chi connectivity index (χ4v) is 1.99. The van der Waals surface area contributed by atoms with Gasteiger partial charge >= 0.3 is 0 Å². The number of rotatable bonds is 4. The standard InChI is InChI=1S/C12H19FN4/c1-16(12-11(13)3-2-4-15-12)9-10-17-7-5-14-6-8-17/h2-4,14H,5-10H2,1H3. The summed E-state index contributed by atoms with van der Waals surface area (Å²) in [6.07, 6.45) is 1.62. The summed E-state index contributed by atoms with van der Waals surface area (Å²) in [5, 5.41) is 3.32. The summed E-state index contributed by atoms with van der Waals surface area (Å²) in [6.45, 7) is 5.97. The highest BCUT2D eigenvalue weighted by Crippen LogP contribution is 2.12. The second-order valence-corrected chi connectivity index (χ2v) is 4.32. The molecule has 2 rings (SSSR count). The molecule has 17 heavy (non-hydrogen) atoms. The quantitative estimate of drug-likeness (QED) is 0.830. The van der Waals surface area contributed by atoms with Gasteiger partial charge in [-0.15, -0.1) is 0 Å². The topological polar surface area (TPSA) is 31.4 Å². The fourth-order valence-electron chi connectivity index (χ4n) is 1.99. The van der Waals surface area contributed by atoms with Crippen LogP contribution in [0.1, 0.15) is 0 Å². The number of nitrogens with zero attached hydrogens (tertiary/aromatic N) is 3. The Balaban J connectivity index is 1.84. The molecule has 0 unspecified atom stereocenters. The van der Waals surface area contributed by atoms with E-state index in [0.29, 0.717) is 5.82 Å². The Hall–Kier alpha value is -1.20. The molecule has 1 N–H and O–H groups in total. The van der Waals surface area contributed by atoms with E-state index >= 15 is 0 Å². The summed E-state index contributed by atoms with van der Waals surface area (Å²) in [5.74, 6) is 0.179. The lowest BCUT2D eigenvalue weighted by atomic mass is 10.3. The number of likely N-dealkylation sites (N-methyl/N-ethyl adjacent to an activating group) is 1. The van der Waals surface area contributed by atoms with Gasteiger partial charge in [-0.05, 0) is 12.1 Å². The number of aromatic nitrogens is 1. The Labute approximate surface area is 101 Å². The van der Waals surface area contributed by atoms with E-state index in [1.54, 1.807) is 12.3 Å². The van der Waals surface area contributed by atoms with Gasteiger partial charge in [0.15, 0.2) is 11.6 Å². The van der Waals surface area contributed by atoms with Crippen molar-refractivity contribution in [2.24, 2.45) is 0 Å². The lowest BCUT2D eigenvalue weighted by molar-refractivity contribution is 0.246. The summed E-state index contributed by atoms with van der Waals surface area (Å²) in [6, 6.07) is 3.06. The zero-order valence-corrected chi connectivity index (χ0v) is 10.2. The van der Waals surface area contributed by atoms with Gasteiger partial charge in [-0.1, -0.05) is 0 Å². The number of piperazine rings is 1. The first kappa shape index (κ1) is 12.3. The highest BCUT2D eigenvalue weighted by atomic mass is 19.1. The van der Waals surface area contributed by atoms with E-state index in [4.69, 9.17) is 0 Å². The first-order valence-electron chi connectivity index (χ1n) is 6.02. The van der Waals surface area contributed by atoms with E-state index < -0.39 is 0 Å². The molecular weight excluding hydrogens is 219 g/mol. The van der Waals surface area contributed by atoms with Crippen LogP contribution in [0.4, 0.5) is 10.2 Å². The summed E-state index contributed by atoms with van der Waals surface area (Å²) < 4.78 is 13.5. The van der Waals surface area contributed by atoms with Crippen LogP contribution < -0.4 is 10.2 Å². The van der Waals surface area contributed by atoms with Crippen LogP contribution in [-0.4, -0.2) is 56.2 Å². The molecule has 1 saturated heterocycles. The minimum Gasteiger partial charge on any atom is -0.356 e. The molecule has 1 aromatic rings. The molecule has 0 saturated carbocycles. The van der Waals surface area contributed by atoms with E-state index in [-0.39, 0.29) is 5.82 Å². The van der Waals surface area contributed by atoms with Gasteiger partial charge in [-0.25, -0.2) is 9.37 Å². The largest absolute Gasteiger partial charge is 0.356 e. The molecule has 0 aliphatic carbocycles. The van der Waals surface area contributed by atoms with E-state index in [9.17, 15) is 4.39 Å². The van der Waals surface area contributed by atoms with Gasteiger partial charge in [0.2, 0.25) is 0 Å². The molecule has 0 atom stereocenters. The molecule has 0 radical (unpaired) electrons. The van der Waals surface area contributed by atoms with Gasteiger partial charge in [0.1, 0.15) is 0 Å². The van der Waals surface area contributed by atoms with Gasteiger partial charge in [0, 0.05) is 52.5 Å². The lowest BCUT2D eigenvalue weighted by Crippen LogP contribution is -2.46. The van der Waals surface area contributed by atoms with Crippen LogP contribution in [0, 0.1) is 5.82 Å². The van der Waals surface area contributed by atoms with E-state index in [1.807, 2.05) is 11.9 Å². The van der Waals surface area contributed by atoms with Crippen LogP contribution in [0.25, 0.3) is 0 Å². The molecule has 5 heteroatoms. The number of hydrogen-bond donors (Lipinski definition) is 1. The zero-order chi connectivity index (χ0) is 12.1. The van der Waals surface area contributed by atoms with Gasteiger partial charge in [0.25, 0.3) is 0 Å². The van der Waals surface area contributed by atoms with Gasteiger partial charge in [-0.3, -0.25) is 4.90 Å². The molecule has 4 nitrogen and oxygen atoms in total. The van der Waals surface area contributed by atoms with Crippen molar-refractivity contribution in [1.29, 1.82) is 0 Å². The molecule has 0 spiro atoms. The Kier molecular flexibility index (Phi) is 4.28. The van der Waals surface area contributed by atoms with Crippen molar-refractivity contribution in [3.63, 3.8) is 0 Å². The van der Waals surface area contributed by atoms with Crippen molar-refractivity contribution in [2.45, 2.75) is 0 Å². The molecule has 1 fully saturated rings. The Morgan fingerprint density at radius 3 is 2.94 bits per heavy atom. The number of halogens is 1. The first-order chi connectivity index (χ1) is 8.27. The van der Waals surface area contributed by atoms with Crippen LogP contribution >= 0.6 is 0 Å². The molecule has 1 aromatic heterocycles. The maximum atomic E-state index is 13.5. The van der Waals surface area contributed by atoms with Crippen molar-refractivity contribution in [3.8, 4) is 0 Å². The van der Waals surface area contributed by atoms with Crippen molar-refractivity contribution < 1.29 is 4.39 Å². The lowest BCUT2D eigenvalue weighted by Gasteiger charge is -2.29. The van der Waals surface area contributed by atoms with Crippen LogP contribution in [-0.2, 0) is 0 Å². The first-order valence-corrected chi connectivity index (χ1v) is 6.02. The number of nitrogens with one attached hydrogen (secondary N) is 1. The maximum absolute atomic E-state index is 13.5. The molecule has 94 valence electrons. The van der Waals surface area contributed by atoms with Crippen molar-refractivity contribution in [1.82, 2.24) is 15.2 Å². The Bertz CT molecular complexity index is 352. The number of hydrogen-bond acceptors (Lipinski definition) is 4. The van der Waals surface area contributed by atoms with Crippen LogP contribution in [0.3, 0.4) is 0 Å². The Morgan fingerprint density at radius 2 is 2.24 bits per heavy atom. The molecular formula is C12H19FN4. The van der Waals surface area contributed by atoms with Crippen molar-refractivity contribution in [2.75, 3.05) is 51.2 Å². The third-order valence-corrected chi connectivity index (χ3v) is 3.06. The SMILES string of the molecule is CN(CCN1CCNCC1)c1ncccc1F. The molecule has 1 aliphatic heterocycles. The van der Waals surface area contributed by atoms with Crippen LogP contribution in [0.15, 0.2) is 18.3 Å². The third-order valence-electron chi connectivity index (χ3n) is 3.06. The molecule has 2 heterocycles. The van der Waals surface area contributed by atoms with E-state index in [2.05, 4.69) is 15.2 Å². The van der Waals surface area contributed by atoms with Crippen LogP contribution in [0.5, 0.6) is 0 Å². The normalized spacial score (nSPS) is 17.1. The third kappa shape index (κ3) is 3.38. The summed E-state index contributed by atoms with van der Waals surface area (Å²) in [7, 11) is 1.88. The maximum Gasteiger partial charge on any atom is 0.165 e. The predicted octanol–water partition coefficient (Wildman–Crippen LogP) is 0.562. The highest BCUT2D eigenvalue weighted by molar-refractivity contribution is 5.38. The molecule has 0 aromatic carbocycles. The minimum atomic E-state index is -0.254. The fraction of sp³-hybridized carbons (Fsp3) is 0.583. The second-order valence-electron chi connectivity index (χ2n) is 4.32. The minimum absolute atomic E-state index is 0.254. The van der Waals surface area contributed by atoms with E-state index in [0.717, 1.165) is 39.3 Å². The predicted molar refractivity (Wildman–Crippen MR) is 66.8 cm³/mol. The average Bonchev–Trinajstić information content (AvgIpc) is 2.38. The zero-order valence-electron chi connectivity index (χ0n) is 10.2. The smallest absolute Gasteiger partial charge is 0.165 e. The van der Waals surface area contributed by atoms with Crippen LogP contribution in [0.2, 0.25) is 0 Å². The molecule has 0 amide bonds. The van der Waals surface area contributed by atoms with Crippen molar-refractivity contribution >= 4 is 5.82 Å². The Morgan fingerprint density at radius 1 is 1.47 bits per heavy atom. The van der Waals surface area contributed by atoms with Gasteiger partial charge in [-0.2, -0.15) is 0 Å². The highest BCUT2D eigenvalue weighted by Gasteiger charge is 2.12. The monoisotopic (exact) mass is 238 g/mol. The van der Waals surface area contributed by atoms with Gasteiger partial charge in [0.05, 0.1) is 0 Å². The second kappa shape index (κ2) is 5.93. The average molecular weight is 238 g/mol. The summed E-state index contributed by atoms with van der Waals surface area (Å²) in [4.78, 5) is 8.32. The summed E-state index contributed by atoms with van der Waals surface area (Å²) in [5.41, 5.74) is 0. The number of anilines is 1. The molecule has 0 bridgehead atoms. The van der Waals surface area contributed by atoms with Gasteiger partial charge < -0.3 is 10.2 Å². The summed E-state index contributed by atoms with van der Waals surface area (Å²) >= 11 is 0. The van der Waals surface area contributed by atoms with E-state index in [1.165, 1.54) is 6.07 Å². The van der Waals surface area contributed by atoms with Crippen molar-refractivity contribution in [3.05, 3.63) is 24.1 Å². The molecule has 1 aliphatic rings.